The summed E-state index contributed by atoms with van der Waals surface area (Å²) >= 11 is 0. The van der Waals surface area contributed by atoms with Crippen molar-refractivity contribution in [3.63, 3.8) is 0 Å². The summed E-state index contributed by atoms with van der Waals surface area (Å²) in [5.74, 6) is -4.62. The van der Waals surface area contributed by atoms with Gasteiger partial charge in [-0.25, -0.2) is 24.4 Å². The number of hydrogen-bond donors (Lipinski definition) is 3. The summed E-state index contributed by atoms with van der Waals surface area (Å²) in [7, 11) is 3.67. The number of Topliss-reactive ketones (excluding diaryl/α,β-unsaturated/α-hetero) is 1. The third-order valence-corrected chi connectivity index (χ3v) is 14.1. The molecular weight excluding hydrogens is 915 g/mol. The highest BCUT2D eigenvalue weighted by Gasteiger charge is 2.58. The predicted octanol–water partition coefficient (Wildman–Crippen LogP) is 6.59. The number of alkyl carbamates (subject to hydrolysis) is 2. The Hall–Kier alpha value is -6.02. The molecule has 14 atom stereocenters. The summed E-state index contributed by atoms with van der Waals surface area (Å²) in [4.78, 5) is 87.3. The van der Waals surface area contributed by atoms with E-state index in [4.69, 9.17) is 28.4 Å². The van der Waals surface area contributed by atoms with Crippen molar-refractivity contribution >= 4 is 41.8 Å². The molecule has 3 saturated heterocycles. The quantitative estimate of drug-likeness (QED) is 0.128. The van der Waals surface area contributed by atoms with Crippen LogP contribution in [0.3, 0.4) is 0 Å². The molecule has 19 nitrogen and oxygen atoms in total. The van der Waals surface area contributed by atoms with Crippen molar-refractivity contribution in [3.8, 4) is 11.4 Å². The number of anilines is 1. The fraction of sp³-hybridized carbons (Fsp3) is 0.577. The molecule has 19 heteroatoms. The van der Waals surface area contributed by atoms with Crippen molar-refractivity contribution in [2.24, 2.45) is 23.7 Å². The molecule has 0 aliphatic carbocycles. The molecule has 2 aromatic heterocycles. The first kappa shape index (κ1) is 54.3. The van der Waals surface area contributed by atoms with E-state index in [9.17, 15) is 29.1 Å². The highest BCUT2D eigenvalue weighted by Crippen LogP contribution is 2.42. The second-order valence-corrected chi connectivity index (χ2v) is 19.6. The first-order chi connectivity index (χ1) is 33.7. The number of nitrogens with one attached hydrogen (secondary N) is 2. The van der Waals surface area contributed by atoms with Gasteiger partial charge in [0.1, 0.15) is 35.8 Å². The van der Waals surface area contributed by atoms with Gasteiger partial charge in [0.15, 0.2) is 17.7 Å². The zero-order valence-corrected chi connectivity index (χ0v) is 42.6. The van der Waals surface area contributed by atoms with Crippen molar-refractivity contribution in [2.45, 2.75) is 142 Å². The molecule has 0 saturated carbocycles. The fourth-order valence-electron chi connectivity index (χ4n) is 10.3. The molecule has 0 unspecified atom stereocenters. The number of carbonyl (C=O) groups excluding carboxylic acids is 5. The van der Waals surface area contributed by atoms with E-state index in [-0.39, 0.29) is 31.7 Å². The van der Waals surface area contributed by atoms with Crippen LogP contribution in [0, 0.1) is 23.7 Å². The van der Waals surface area contributed by atoms with Gasteiger partial charge < -0.3 is 49.1 Å². The number of benzene rings is 1. The average Bonchev–Trinajstić information content (AvgIpc) is 3.67. The molecule has 3 aliphatic heterocycles. The number of fused-ring (bicyclic) bond motifs is 1. The van der Waals surface area contributed by atoms with Crippen LogP contribution in [-0.4, -0.2) is 142 Å². The lowest BCUT2D eigenvalue weighted by atomic mass is 9.73. The number of rotatable bonds is 12. The number of esters is 1. The third-order valence-electron chi connectivity index (χ3n) is 14.1. The number of nitrogens with zero attached hydrogens (tertiary/aromatic N) is 5. The first-order valence-corrected chi connectivity index (χ1v) is 24.5. The molecule has 3 fully saturated rings. The van der Waals surface area contributed by atoms with Gasteiger partial charge >= 0.3 is 24.2 Å². The zero-order chi connectivity index (χ0) is 51.8. The van der Waals surface area contributed by atoms with Gasteiger partial charge in [-0.2, -0.15) is 0 Å². The Balaban J connectivity index is 1.42. The number of likely N-dealkylation sites (N-methyl/N-ethyl adjacent to an activating group) is 1. The Bertz CT molecular complexity index is 2330. The van der Waals surface area contributed by atoms with Crippen LogP contribution in [0.25, 0.3) is 17.5 Å². The fourth-order valence-corrected chi connectivity index (χ4v) is 10.3. The average molecular weight is 986 g/mol. The van der Waals surface area contributed by atoms with Crippen LogP contribution in [0.5, 0.6) is 0 Å². The van der Waals surface area contributed by atoms with Crippen LogP contribution >= 0.6 is 0 Å². The Morgan fingerprint density at radius 1 is 0.972 bits per heavy atom. The lowest BCUT2D eigenvalue weighted by molar-refractivity contribution is -0.298. The SMILES string of the molecule is CC[C@H]1OC(=O)[C@H](C)[C@@H](OC(=O)N(CC)c2cccnc2)[C@H](C)[C@@H](O[C@@H]2O[C@H](C)C[C@H](N(C)C)[C@H]2O)[C@](C)(OC(=O)NCC=Cc2ccc(-c3ncccn3)cc2)C[C@@H](C)C(=O)[C@H](C)[C@H]2NC(=O)O[C@@]21C. The summed E-state index contributed by atoms with van der Waals surface area (Å²) in [5.41, 5.74) is -1.18. The maximum atomic E-state index is 14.8. The minimum atomic E-state index is -1.80. The van der Waals surface area contributed by atoms with Gasteiger partial charge in [-0.3, -0.25) is 19.5 Å². The molecule has 5 heterocycles. The van der Waals surface area contributed by atoms with E-state index >= 15 is 0 Å². The zero-order valence-electron chi connectivity index (χ0n) is 42.6. The molecule has 3 N–H and O–H groups in total. The van der Waals surface area contributed by atoms with Crippen molar-refractivity contribution in [3.05, 3.63) is 78.9 Å². The van der Waals surface area contributed by atoms with Gasteiger partial charge in [-0.1, -0.05) is 64.1 Å². The van der Waals surface area contributed by atoms with E-state index in [1.165, 1.54) is 11.1 Å². The molecule has 71 heavy (non-hydrogen) atoms. The number of ketones is 1. The Morgan fingerprint density at radius 3 is 2.31 bits per heavy atom. The summed E-state index contributed by atoms with van der Waals surface area (Å²) in [6.45, 7) is 15.4. The Labute approximate surface area is 416 Å². The smallest absolute Gasteiger partial charge is 0.414 e. The van der Waals surface area contributed by atoms with E-state index in [1.54, 1.807) is 98.3 Å². The molecule has 3 amide bonds. The predicted molar refractivity (Wildman–Crippen MR) is 262 cm³/mol. The van der Waals surface area contributed by atoms with Gasteiger partial charge in [-0.05, 0) is 91.7 Å². The standard InChI is InChI=1S/C52H71N7O12/c1-12-39-52(9)43(57-49(64)71-52)32(5)40(60)30(3)28-51(8,70-48(63)56-24-14-17-35-19-21-36(22-20-35)45-54-25-16-26-55-45)44(69-47-41(61)38(58(10)11)27-31(4)66-47)33(6)42(34(7)46(62)67-39)68-50(65)59(13-2)37-18-15-23-53-29-37/h14-23,25-26,29-34,38-39,41-44,47,61H,12-13,24,27-28H2,1-11H3,(H,56,63)(H,57,64)/t30-,31-,32+,33+,34-,38+,39-,41-,42+,43-,44-,47+,51-,52-/m1/s1. The van der Waals surface area contributed by atoms with Gasteiger partial charge in [0.25, 0.3) is 0 Å². The summed E-state index contributed by atoms with van der Waals surface area (Å²) in [6, 6.07) is 11.3. The second-order valence-electron chi connectivity index (χ2n) is 19.6. The van der Waals surface area contributed by atoms with Crippen LogP contribution in [-0.2, 0) is 38.0 Å². The summed E-state index contributed by atoms with van der Waals surface area (Å²) < 4.78 is 38.3. The third kappa shape index (κ3) is 12.5. The topological polar surface area (TPSA) is 230 Å². The van der Waals surface area contributed by atoms with Crippen molar-refractivity contribution in [2.75, 3.05) is 32.1 Å². The number of aliphatic hydroxyl groups excluding tert-OH is 1. The van der Waals surface area contributed by atoms with Crippen LogP contribution in [0.1, 0.15) is 87.1 Å². The highest BCUT2D eigenvalue weighted by molar-refractivity contribution is 5.88. The first-order valence-electron chi connectivity index (χ1n) is 24.5. The number of amides is 3. The minimum absolute atomic E-state index is 0.0282. The Morgan fingerprint density at radius 2 is 1.68 bits per heavy atom. The number of aromatic nitrogens is 3. The highest BCUT2D eigenvalue weighted by atomic mass is 16.7. The lowest BCUT2D eigenvalue weighted by Crippen LogP contribution is -2.61. The van der Waals surface area contributed by atoms with E-state index in [0.717, 1.165) is 11.1 Å². The molecular formula is C52H71N7O12. The maximum Gasteiger partial charge on any atom is 0.414 e. The molecule has 3 aromatic rings. The van der Waals surface area contributed by atoms with E-state index < -0.39 is 108 Å². The molecule has 1 aromatic carbocycles. The van der Waals surface area contributed by atoms with Crippen LogP contribution in [0.4, 0.5) is 20.1 Å². The van der Waals surface area contributed by atoms with Gasteiger partial charge in [0, 0.05) is 61.0 Å². The molecule has 6 rings (SSSR count). The molecule has 0 spiro atoms. The van der Waals surface area contributed by atoms with E-state index in [1.807, 2.05) is 56.3 Å². The summed E-state index contributed by atoms with van der Waals surface area (Å²) in [5, 5.41) is 17.5. The van der Waals surface area contributed by atoms with Gasteiger partial charge in [0.2, 0.25) is 0 Å². The number of hydrogen-bond acceptors (Lipinski definition) is 16. The van der Waals surface area contributed by atoms with E-state index in [2.05, 4.69) is 25.6 Å². The van der Waals surface area contributed by atoms with Gasteiger partial charge in [0.05, 0.1) is 29.9 Å². The second kappa shape index (κ2) is 23.5. The normalized spacial score (nSPS) is 32.7. The monoisotopic (exact) mass is 986 g/mol. The molecule has 386 valence electrons. The van der Waals surface area contributed by atoms with Crippen LogP contribution in [0.2, 0.25) is 0 Å². The van der Waals surface area contributed by atoms with Crippen LogP contribution in [0.15, 0.2) is 73.3 Å². The Kier molecular flexibility index (Phi) is 18.0. The molecule has 3 aliphatic rings. The van der Waals surface area contributed by atoms with E-state index in [0.29, 0.717) is 17.9 Å². The largest absolute Gasteiger partial charge is 0.458 e. The van der Waals surface area contributed by atoms with Crippen molar-refractivity contribution in [1.82, 2.24) is 30.5 Å². The van der Waals surface area contributed by atoms with Gasteiger partial charge in [-0.15, -0.1) is 0 Å². The lowest BCUT2D eigenvalue weighted by Gasteiger charge is -2.48. The molecule has 0 radical (unpaired) electrons. The van der Waals surface area contributed by atoms with Crippen LogP contribution < -0.4 is 15.5 Å². The molecule has 0 bridgehead atoms. The minimum Gasteiger partial charge on any atom is -0.458 e. The number of cyclic esters (lactones) is 1. The number of carbonyl (C=O) groups is 5. The number of ether oxygens (including phenoxy) is 6. The van der Waals surface area contributed by atoms with Crippen molar-refractivity contribution in [1.29, 1.82) is 0 Å². The number of pyridine rings is 1. The summed E-state index contributed by atoms with van der Waals surface area (Å²) in [6.07, 6.45) is 1.25. The van der Waals surface area contributed by atoms with Crippen molar-refractivity contribution < 1.29 is 57.5 Å². The maximum absolute atomic E-state index is 14.8. The number of aliphatic hydroxyl groups is 1.